The van der Waals surface area contributed by atoms with Crippen molar-refractivity contribution in [2.45, 2.75) is 26.8 Å². The molecule has 0 aliphatic heterocycles. The molecule has 0 atom stereocenters. The van der Waals surface area contributed by atoms with Gasteiger partial charge < -0.3 is 10.1 Å². The summed E-state index contributed by atoms with van der Waals surface area (Å²) < 4.78 is 7.49. The molecule has 0 saturated carbocycles. The Morgan fingerprint density at radius 1 is 1.10 bits per heavy atom. The van der Waals surface area contributed by atoms with Crippen LogP contribution in [0.2, 0.25) is 0 Å². The molecule has 4 rings (SSSR count). The molecule has 1 amide bonds. The van der Waals surface area contributed by atoms with Crippen LogP contribution in [0.1, 0.15) is 37.2 Å². The normalized spacial score (nSPS) is 11.1. The third kappa shape index (κ3) is 3.76. The average molecular weight is 400 g/mol. The number of benzene rings is 2. The van der Waals surface area contributed by atoms with Gasteiger partial charge in [-0.2, -0.15) is 5.10 Å². The summed E-state index contributed by atoms with van der Waals surface area (Å²) in [5.41, 5.74) is 3.52. The number of amides is 1. The predicted octanol–water partition coefficient (Wildman–Crippen LogP) is 5.33. The molecule has 0 unspecified atom stereocenters. The highest BCUT2D eigenvalue weighted by Gasteiger charge is 2.19. The Morgan fingerprint density at radius 2 is 1.83 bits per heavy atom. The highest BCUT2D eigenvalue weighted by Crippen LogP contribution is 2.29. The second kappa shape index (κ2) is 8.37. The molecule has 2 aromatic heterocycles. The number of aromatic nitrogens is 3. The van der Waals surface area contributed by atoms with E-state index in [9.17, 15) is 4.79 Å². The molecule has 0 aliphatic rings. The quantitative estimate of drug-likeness (QED) is 0.475. The van der Waals surface area contributed by atoms with Gasteiger partial charge in [0, 0.05) is 11.6 Å². The van der Waals surface area contributed by atoms with Gasteiger partial charge in [0.2, 0.25) is 0 Å². The number of rotatable bonds is 6. The second-order valence-electron chi connectivity index (χ2n) is 7.22. The zero-order valence-electron chi connectivity index (χ0n) is 17.3. The first kappa shape index (κ1) is 19.6. The number of hydrogen-bond acceptors (Lipinski definition) is 4. The van der Waals surface area contributed by atoms with Crippen LogP contribution in [0.3, 0.4) is 0 Å². The molecule has 4 aromatic rings. The lowest BCUT2D eigenvalue weighted by Crippen LogP contribution is -2.14. The largest absolute Gasteiger partial charge is 0.492 e. The minimum absolute atomic E-state index is 0.121. The molecular formula is C24H24N4O2. The van der Waals surface area contributed by atoms with Crippen LogP contribution in [-0.4, -0.2) is 27.3 Å². The molecule has 0 bridgehead atoms. The molecule has 0 radical (unpaired) electrons. The number of pyridine rings is 1. The molecule has 2 aromatic carbocycles. The van der Waals surface area contributed by atoms with E-state index in [0.29, 0.717) is 29.3 Å². The highest BCUT2D eigenvalue weighted by atomic mass is 16.5. The number of nitrogens with one attached hydrogen (secondary N) is 1. The molecular weight excluding hydrogens is 376 g/mol. The molecule has 0 fully saturated rings. The summed E-state index contributed by atoms with van der Waals surface area (Å²) in [4.78, 5) is 18.1. The number of ether oxygens (including phenoxy) is 1. The third-order valence-electron chi connectivity index (χ3n) is 4.81. The van der Waals surface area contributed by atoms with Crippen LogP contribution in [0.25, 0.3) is 22.3 Å². The van der Waals surface area contributed by atoms with Crippen LogP contribution in [0.15, 0.2) is 66.9 Å². The van der Waals surface area contributed by atoms with Crippen molar-refractivity contribution in [3.05, 3.63) is 72.4 Å². The Hall–Kier alpha value is -3.67. The van der Waals surface area contributed by atoms with Crippen molar-refractivity contribution < 1.29 is 9.53 Å². The Bertz CT molecular complexity index is 1180. The lowest BCUT2D eigenvalue weighted by Gasteiger charge is -2.13. The lowest BCUT2D eigenvalue weighted by atomic mass is 10.1. The zero-order chi connectivity index (χ0) is 21.1. The second-order valence-corrected chi connectivity index (χ2v) is 7.22. The van der Waals surface area contributed by atoms with E-state index in [-0.39, 0.29) is 11.9 Å². The molecule has 6 heteroatoms. The van der Waals surface area contributed by atoms with E-state index < -0.39 is 0 Å². The third-order valence-corrected chi connectivity index (χ3v) is 4.81. The summed E-state index contributed by atoms with van der Waals surface area (Å²) in [5.74, 6) is 0.412. The van der Waals surface area contributed by atoms with E-state index in [2.05, 4.69) is 10.4 Å². The smallest absolute Gasteiger partial charge is 0.256 e. The van der Waals surface area contributed by atoms with Gasteiger partial charge in [0.05, 0.1) is 35.1 Å². The number of nitrogens with zero attached hydrogens (tertiary/aromatic N) is 3. The topological polar surface area (TPSA) is 69.0 Å². The Kier molecular flexibility index (Phi) is 5.48. The molecule has 152 valence electrons. The Labute approximate surface area is 175 Å². The summed E-state index contributed by atoms with van der Waals surface area (Å²) >= 11 is 0. The summed E-state index contributed by atoms with van der Waals surface area (Å²) in [6.45, 7) is 6.52. The van der Waals surface area contributed by atoms with Gasteiger partial charge >= 0.3 is 0 Å². The zero-order valence-corrected chi connectivity index (χ0v) is 17.3. The minimum Gasteiger partial charge on any atom is -0.492 e. The van der Waals surface area contributed by atoms with E-state index in [4.69, 9.17) is 9.72 Å². The summed E-state index contributed by atoms with van der Waals surface area (Å²) in [5, 5.41) is 8.19. The van der Waals surface area contributed by atoms with Gasteiger partial charge in [-0.3, -0.25) is 4.79 Å². The number of anilines is 1. The van der Waals surface area contributed by atoms with Gasteiger partial charge in [-0.15, -0.1) is 0 Å². The molecule has 0 spiro atoms. The number of para-hydroxylation sites is 2. The SMILES string of the molecule is CCOc1ccccc1NC(=O)c1cc(-c2ccccc2)nc2c1cnn2C(C)C. The van der Waals surface area contributed by atoms with Crippen molar-refractivity contribution >= 4 is 22.6 Å². The lowest BCUT2D eigenvalue weighted by molar-refractivity contribution is 0.102. The summed E-state index contributed by atoms with van der Waals surface area (Å²) in [7, 11) is 0. The van der Waals surface area contributed by atoms with Crippen molar-refractivity contribution in [1.29, 1.82) is 0 Å². The van der Waals surface area contributed by atoms with Crippen molar-refractivity contribution in [3.63, 3.8) is 0 Å². The first-order chi connectivity index (χ1) is 14.6. The van der Waals surface area contributed by atoms with Gasteiger partial charge in [0.15, 0.2) is 5.65 Å². The molecule has 30 heavy (non-hydrogen) atoms. The fraction of sp³-hybridized carbons (Fsp3) is 0.208. The van der Waals surface area contributed by atoms with Crippen LogP contribution in [0.5, 0.6) is 5.75 Å². The monoisotopic (exact) mass is 400 g/mol. The van der Waals surface area contributed by atoms with Gasteiger partial charge in [0.25, 0.3) is 5.91 Å². The van der Waals surface area contributed by atoms with Gasteiger partial charge in [-0.25, -0.2) is 9.67 Å². The molecule has 6 nitrogen and oxygen atoms in total. The number of fused-ring (bicyclic) bond motifs is 1. The van der Waals surface area contributed by atoms with Crippen molar-refractivity contribution in [1.82, 2.24) is 14.8 Å². The van der Waals surface area contributed by atoms with Crippen LogP contribution >= 0.6 is 0 Å². The van der Waals surface area contributed by atoms with Crippen LogP contribution in [0, 0.1) is 0 Å². The van der Waals surface area contributed by atoms with Gasteiger partial charge in [0.1, 0.15) is 5.75 Å². The predicted molar refractivity (Wildman–Crippen MR) is 119 cm³/mol. The number of carbonyl (C=O) groups is 1. The highest BCUT2D eigenvalue weighted by molar-refractivity contribution is 6.13. The van der Waals surface area contributed by atoms with E-state index in [1.165, 1.54) is 0 Å². The minimum atomic E-state index is -0.227. The molecule has 2 heterocycles. The maximum atomic E-state index is 13.3. The summed E-state index contributed by atoms with van der Waals surface area (Å²) in [6.07, 6.45) is 1.71. The Balaban J connectivity index is 1.82. The standard InChI is InChI=1S/C24H24N4O2/c1-4-30-22-13-9-8-12-20(22)27-24(29)18-14-21(17-10-6-5-7-11-17)26-23-19(18)15-25-28(23)16(2)3/h5-16H,4H2,1-3H3,(H,27,29). The van der Waals surface area contributed by atoms with Gasteiger partial charge in [-0.05, 0) is 39.0 Å². The van der Waals surface area contributed by atoms with E-state index in [0.717, 1.165) is 16.6 Å². The van der Waals surface area contributed by atoms with Crippen molar-refractivity contribution in [2.24, 2.45) is 0 Å². The van der Waals surface area contributed by atoms with E-state index >= 15 is 0 Å². The summed E-state index contributed by atoms with van der Waals surface area (Å²) in [6, 6.07) is 19.2. The molecule has 0 saturated heterocycles. The number of hydrogen-bond donors (Lipinski definition) is 1. The first-order valence-corrected chi connectivity index (χ1v) is 10.1. The maximum Gasteiger partial charge on any atom is 0.256 e. The first-order valence-electron chi connectivity index (χ1n) is 10.1. The average Bonchev–Trinajstić information content (AvgIpc) is 3.19. The molecule has 1 N–H and O–H groups in total. The van der Waals surface area contributed by atoms with Crippen molar-refractivity contribution in [3.8, 4) is 17.0 Å². The van der Waals surface area contributed by atoms with Crippen LogP contribution in [0.4, 0.5) is 5.69 Å². The fourth-order valence-corrected chi connectivity index (χ4v) is 3.38. The maximum absolute atomic E-state index is 13.3. The fourth-order valence-electron chi connectivity index (χ4n) is 3.38. The Morgan fingerprint density at radius 3 is 2.57 bits per heavy atom. The van der Waals surface area contributed by atoms with Crippen LogP contribution in [-0.2, 0) is 0 Å². The van der Waals surface area contributed by atoms with Crippen LogP contribution < -0.4 is 10.1 Å². The molecule has 0 aliphatic carbocycles. The van der Waals surface area contributed by atoms with Gasteiger partial charge in [-0.1, -0.05) is 42.5 Å². The van der Waals surface area contributed by atoms with E-state index in [1.54, 1.807) is 6.20 Å². The van der Waals surface area contributed by atoms with Crippen molar-refractivity contribution in [2.75, 3.05) is 11.9 Å². The number of carbonyl (C=O) groups excluding carboxylic acids is 1. The van der Waals surface area contributed by atoms with E-state index in [1.807, 2.05) is 86.1 Å².